The quantitative estimate of drug-likeness (QED) is 0.176. The number of likely N-dealkylation sites (tertiary alicyclic amines) is 1. The van der Waals surface area contributed by atoms with E-state index in [2.05, 4.69) is 13.2 Å². The molecule has 8 nitrogen and oxygen atoms in total. The van der Waals surface area contributed by atoms with Gasteiger partial charge in [0, 0.05) is 12.2 Å². The van der Waals surface area contributed by atoms with Crippen molar-refractivity contribution in [3.05, 3.63) is 67.8 Å². The van der Waals surface area contributed by atoms with Crippen LogP contribution in [0.4, 0.5) is 5.69 Å². The first-order valence-electron chi connectivity index (χ1n) is 16.0. The van der Waals surface area contributed by atoms with E-state index in [4.69, 9.17) is 9.47 Å². The standard InChI is InChI=1S/C36H46N2O6/c1-6-9-10-13-21-43-34(42)30-29-32(40)38(28(23-39)24(4)8-3)31(36(29)19-18-35(30,5)44-36)33(41)37(20-7-2)27-17-16-25-14-11-12-15-26(25)22-27/h6-7,11-12,14-17,22,24,28-31,39H,1-2,8-10,13,18-21,23H2,3-5H3/t24-,28-,29-,30+,31?,35-,36?/m0/s1. The van der Waals surface area contributed by atoms with Crippen LogP contribution in [0.5, 0.6) is 0 Å². The second kappa shape index (κ2) is 12.9. The van der Waals surface area contributed by atoms with Gasteiger partial charge in [-0.25, -0.2) is 0 Å². The van der Waals surface area contributed by atoms with Crippen molar-refractivity contribution in [2.45, 2.75) is 82.6 Å². The van der Waals surface area contributed by atoms with Crippen molar-refractivity contribution in [2.24, 2.45) is 17.8 Å². The highest BCUT2D eigenvalue weighted by Crippen LogP contribution is 2.64. The van der Waals surface area contributed by atoms with E-state index in [0.717, 1.165) is 23.6 Å². The summed E-state index contributed by atoms with van der Waals surface area (Å²) in [5.41, 5.74) is -1.47. The molecule has 0 radical (unpaired) electrons. The lowest BCUT2D eigenvalue weighted by atomic mass is 9.66. The van der Waals surface area contributed by atoms with Gasteiger partial charge in [-0.2, -0.15) is 0 Å². The maximum Gasteiger partial charge on any atom is 0.312 e. The zero-order valence-corrected chi connectivity index (χ0v) is 26.2. The van der Waals surface area contributed by atoms with Crippen LogP contribution < -0.4 is 4.90 Å². The number of anilines is 1. The van der Waals surface area contributed by atoms with Gasteiger partial charge < -0.3 is 24.4 Å². The van der Waals surface area contributed by atoms with Crippen molar-refractivity contribution in [1.29, 1.82) is 0 Å². The van der Waals surface area contributed by atoms with Gasteiger partial charge in [-0.1, -0.05) is 62.8 Å². The number of allylic oxidation sites excluding steroid dienone is 1. The van der Waals surface area contributed by atoms with Gasteiger partial charge in [0.25, 0.3) is 5.91 Å². The fourth-order valence-corrected chi connectivity index (χ4v) is 7.77. The van der Waals surface area contributed by atoms with Gasteiger partial charge in [0.15, 0.2) is 0 Å². The Morgan fingerprint density at radius 3 is 2.59 bits per heavy atom. The number of rotatable bonds is 14. The zero-order chi connectivity index (χ0) is 31.6. The number of unbranched alkanes of at least 4 members (excludes halogenated alkanes) is 2. The van der Waals surface area contributed by atoms with E-state index in [0.29, 0.717) is 31.4 Å². The maximum absolute atomic E-state index is 14.9. The highest BCUT2D eigenvalue weighted by Gasteiger charge is 2.79. The van der Waals surface area contributed by atoms with Gasteiger partial charge in [0.2, 0.25) is 5.91 Å². The molecule has 3 heterocycles. The van der Waals surface area contributed by atoms with E-state index in [1.165, 1.54) is 0 Å². The lowest BCUT2D eigenvalue weighted by Gasteiger charge is -2.41. The van der Waals surface area contributed by atoms with E-state index >= 15 is 0 Å². The predicted octanol–water partition coefficient (Wildman–Crippen LogP) is 5.43. The molecule has 2 aromatic carbocycles. The molecule has 5 rings (SSSR count). The molecule has 7 atom stereocenters. The Hall–Kier alpha value is -3.49. The number of esters is 1. The molecule has 0 aliphatic carbocycles. The second-order valence-corrected chi connectivity index (χ2v) is 12.8. The summed E-state index contributed by atoms with van der Waals surface area (Å²) in [7, 11) is 0. The SMILES string of the molecule is C=CCCCCOC(=O)[C@H]1[C@H]2C(=O)N([C@@H](CO)[C@@H](C)CC)C(C(=O)N(CC=C)c3ccc4ccccc4c3)C23CC[C@]1(C)O3. The van der Waals surface area contributed by atoms with Gasteiger partial charge in [0.05, 0.1) is 30.8 Å². The number of benzene rings is 2. The Morgan fingerprint density at radius 2 is 1.91 bits per heavy atom. The molecule has 0 aromatic heterocycles. The highest BCUT2D eigenvalue weighted by atomic mass is 16.6. The van der Waals surface area contributed by atoms with Gasteiger partial charge in [-0.3, -0.25) is 14.4 Å². The Balaban J connectivity index is 1.57. The van der Waals surface area contributed by atoms with Crippen LogP contribution in [0.15, 0.2) is 67.8 Å². The lowest BCUT2D eigenvalue weighted by Crippen LogP contribution is -2.60. The number of ether oxygens (including phenoxy) is 2. The number of amides is 2. The number of aliphatic hydroxyl groups is 1. The first kappa shape index (κ1) is 31.9. The molecule has 1 N–H and O–H groups in total. The Morgan fingerprint density at radius 1 is 1.16 bits per heavy atom. The van der Waals surface area contributed by atoms with Gasteiger partial charge in [-0.05, 0) is 67.9 Å². The average molecular weight is 603 g/mol. The number of carbonyl (C=O) groups is 3. The van der Waals surface area contributed by atoms with Crippen molar-refractivity contribution in [3.8, 4) is 0 Å². The Bertz CT molecular complexity index is 1420. The van der Waals surface area contributed by atoms with Gasteiger partial charge >= 0.3 is 5.97 Å². The first-order chi connectivity index (χ1) is 21.2. The van der Waals surface area contributed by atoms with Crippen LogP contribution in [0.2, 0.25) is 0 Å². The third-order valence-electron chi connectivity index (χ3n) is 10.2. The molecule has 2 unspecified atom stereocenters. The third kappa shape index (κ3) is 5.26. The number of carbonyl (C=O) groups excluding carboxylic acids is 3. The summed E-state index contributed by atoms with van der Waals surface area (Å²) in [4.78, 5) is 46.4. The molecule has 3 fully saturated rings. The molecule has 236 valence electrons. The maximum atomic E-state index is 14.9. The summed E-state index contributed by atoms with van der Waals surface area (Å²) in [6, 6.07) is 12.1. The van der Waals surface area contributed by atoms with Gasteiger partial charge in [-0.15, -0.1) is 13.2 Å². The fourth-order valence-electron chi connectivity index (χ4n) is 7.77. The van der Waals surface area contributed by atoms with Crippen LogP contribution in [0.1, 0.15) is 59.3 Å². The molecule has 3 saturated heterocycles. The molecule has 8 heteroatoms. The summed E-state index contributed by atoms with van der Waals surface area (Å²) in [6.07, 6.45) is 7.56. The van der Waals surface area contributed by atoms with Crippen LogP contribution in [0.3, 0.4) is 0 Å². The second-order valence-electron chi connectivity index (χ2n) is 12.8. The van der Waals surface area contributed by atoms with Crippen LogP contribution in [-0.2, 0) is 23.9 Å². The first-order valence-corrected chi connectivity index (χ1v) is 16.0. The minimum Gasteiger partial charge on any atom is -0.465 e. The summed E-state index contributed by atoms with van der Waals surface area (Å²) >= 11 is 0. The zero-order valence-electron chi connectivity index (χ0n) is 26.2. The lowest BCUT2D eigenvalue weighted by molar-refractivity contribution is -0.161. The fraction of sp³-hybridized carbons (Fsp3) is 0.528. The van der Waals surface area contributed by atoms with Crippen molar-refractivity contribution >= 4 is 34.2 Å². The van der Waals surface area contributed by atoms with Crippen molar-refractivity contribution in [1.82, 2.24) is 4.90 Å². The van der Waals surface area contributed by atoms with Crippen molar-refractivity contribution in [3.63, 3.8) is 0 Å². The van der Waals surface area contributed by atoms with E-state index in [-0.39, 0.29) is 37.5 Å². The molecule has 2 aromatic rings. The number of hydrogen-bond acceptors (Lipinski definition) is 6. The summed E-state index contributed by atoms with van der Waals surface area (Å²) in [6.45, 7) is 13.7. The molecular weight excluding hydrogens is 556 g/mol. The number of aliphatic hydroxyl groups excluding tert-OH is 1. The topological polar surface area (TPSA) is 96.4 Å². The minimum absolute atomic E-state index is 0.0916. The highest BCUT2D eigenvalue weighted by molar-refractivity contribution is 6.05. The monoisotopic (exact) mass is 602 g/mol. The number of nitrogens with zero attached hydrogens (tertiary/aromatic N) is 2. The molecule has 1 spiro atoms. The molecular formula is C36H46N2O6. The molecule has 2 bridgehead atoms. The molecule has 44 heavy (non-hydrogen) atoms. The van der Waals surface area contributed by atoms with Crippen LogP contribution in [-0.4, -0.2) is 70.8 Å². The minimum atomic E-state index is -1.22. The van der Waals surface area contributed by atoms with Crippen LogP contribution in [0.25, 0.3) is 10.8 Å². The number of fused-ring (bicyclic) bond motifs is 2. The Labute approximate surface area is 260 Å². The van der Waals surface area contributed by atoms with E-state index < -0.39 is 41.1 Å². The predicted molar refractivity (Wildman–Crippen MR) is 171 cm³/mol. The van der Waals surface area contributed by atoms with E-state index in [1.54, 1.807) is 15.9 Å². The summed E-state index contributed by atoms with van der Waals surface area (Å²) < 4.78 is 12.5. The molecule has 3 aliphatic heterocycles. The van der Waals surface area contributed by atoms with Crippen LogP contribution in [0, 0.1) is 17.8 Å². The van der Waals surface area contributed by atoms with Crippen molar-refractivity contribution in [2.75, 3.05) is 24.7 Å². The van der Waals surface area contributed by atoms with Crippen LogP contribution >= 0.6 is 0 Å². The smallest absolute Gasteiger partial charge is 0.312 e. The normalized spacial score (nSPS) is 28.5. The summed E-state index contributed by atoms with van der Waals surface area (Å²) in [5.74, 6) is -2.90. The van der Waals surface area contributed by atoms with E-state index in [1.807, 2.05) is 69.3 Å². The van der Waals surface area contributed by atoms with Gasteiger partial charge in [0.1, 0.15) is 17.6 Å². The molecule has 2 amide bonds. The van der Waals surface area contributed by atoms with Crippen molar-refractivity contribution < 1.29 is 29.0 Å². The Kier molecular flexibility index (Phi) is 9.33. The number of hydrogen-bond donors (Lipinski definition) is 1. The van der Waals surface area contributed by atoms with E-state index in [9.17, 15) is 19.5 Å². The summed E-state index contributed by atoms with van der Waals surface area (Å²) in [5, 5.41) is 12.7. The third-order valence-corrected chi connectivity index (χ3v) is 10.2. The average Bonchev–Trinajstić information content (AvgIpc) is 3.60. The largest absolute Gasteiger partial charge is 0.465 e. The molecule has 0 saturated carbocycles. The molecule has 3 aliphatic rings.